The van der Waals surface area contributed by atoms with Gasteiger partial charge in [-0.05, 0) is 150 Å². The van der Waals surface area contributed by atoms with E-state index in [0.29, 0.717) is 67.7 Å². The van der Waals surface area contributed by atoms with E-state index in [1.54, 1.807) is 48.6 Å². The first-order valence-electron chi connectivity index (χ1n) is 37.6. The normalized spacial score (nSPS) is 16.3. The van der Waals surface area contributed by atoms with Gasteiger partial charge in [-0.3, -0.25) is 81.2 Å². The molecule has 1 fully saturated rings. The van der Waals surface area contributed by atoms with Crippen LogP contribution in [-0.2, 0) is 103 Å². The molecule has 0 bridgehead atoms. The van der Waals surface area contributed by atoms with Crippen LogP contribution in [0.5, 0.6) is 0 Å². The Hall–Kier alpha value is -10.6. The highest BCUT2D eigenvalue weighted by Crippen LogP contribution is 2.48. The molecule has 0 aliphatic carbocycles. The largest absolute Gasteiger partial charge is 0.481 e. The van der Waals surface area contributed by atoms with Gasteiger partial charge in [-0.2, -0.15) is 16.8 Å². The monoisotopic (exact) mass is 1650 g/mol. The summed E-state index contributed by atoms with van der Waals surface area (Å²) in [6.45, 7) is 16.1. The number of rotatable bonds is 50. The molecule has 2 heterocycles. The summed E-state index contributed by atoms with van der Waals surface area (Å²) in [4.78, 5) is 189. The molecular weight excluding hydrogens is 1550 g/mol. The van der Waals surface area contributed by atoms with Gasteiger partial charge in [0.2, 0.25) is 47.3 Å². The van der Waals surface area contributed by atoms with Crippen molar-refractivity contribution >= 4 is 115 Å². The number of likely N-dealkylation sites (tertiary alicyclic amines) is 1. The van der Waals surface area contributed by atoms with E-state index in [-0.39, 0.29) is 54.0 Å². The fourth-order valence-electron chi connectivity index (χ4n) is 13.0. The Morgan fingerprint density at radius 2 is 1.08 bits per heavy atom. The van der Waals surface area contributed by atoms with Crippen molar-refractivity contribution in [3.05, 3.63) is 101 Å². The predicted molar refractivity (Wildman–Crippen MR) is 417 cm³/mol. The number of ketones is 1. The Morgan fingerprint density at radius 1 is 0.609 bits per heavy atom. The third-order valence-corrected chi connectivity index (χ3v) is 20.8. The topological polar surface area (TPSA) is 561 Å². The van der Waals surface area contributed by atoms with Crippen molar-refractivity contribution in [2.45, 2.75) is 234 Å². The fourth-order valence-corrected chi connectivity index (χ4v) is 14.0. The number of carbonyl (C=O) groups excluding carboxylic acids is 9. The molecule has 36 nitrogen and oxygen atoms in total. The lowest BCUT2D eigenvalue weighted by molar-refractivity contribution is -0.142. The minimum atomic E-state index is -4.62. The van der Waals surface area contributed by atoms with Gasteiger partial charge in [0.25, 0.3) is 20.2 Å². The summed E-state index contributed by atoms with van der Waals surface area (Å²) in [6.07, 6.45) is 6.98. The number of carboxylic acid groups (broad SMARTS) is 5. The van der Waals surface area contributed by atoms with Gasteiger partial charge in [0, 0.05) is 92.6 Å². The molecule has 0 saturated carbocycles. The molecule has 0 spiro atoms. The van der Waals surface area contributed by atoms with Crippen molar-refractivity contribution < 1.29 is 123 Å². The molecule has 115 heavy (non-hydrogen) atoms. The second-order valence-electron chi connectivity index (χ2n) is 29.3. The fraction of sp³-hybridized carbons (Fsp3) is 0.545. The smallest absolute Gasteiger partial charge is 0.303 e. The summed E-state index contributed by atoms with van der Waals surface area (Å²) in [5.41, 5.74) is 2.36. The van der Waals surface area contributed by atoms with Gasteiger partial charge in [-0.1, -0.05) is 84.4 Å². The van der Waals surface area contributed by atoms with Gasteiger partial charge < -0.3 is 77.3 Å². The number of nitrogens with zero attached hydrogens (tertiary/aromatic N) is 3. The summed E-state index contributed by atoms with van der Waals surface area (Å²) in [7, 11) is -9.10. The number of fused-ring (bicyclic) bond motifs is 1. The molecule has 7 atom stereocenters. The highest BCUT2D eigenvalue weighted by molar-refractivity contribution is 7.86. The van der Waals surface area contributed by atoms with E-state index < -0.39 is 221 Å². The Bertz CT molecular complexity index is 4280. The number of aliphatic imine (C=N–C) groups is 1. The third-order valence-electron chi connectivity index (χ3n) is 19.1. The number of hydrogen-bond donors (Lipinski definition) is 14. The van der Waals surface area contributed by atoms with Gasteiger partial charge in [0.05, 0.1) is 22.4 Å². The molecule has 634 valence electrons. The summed E-state index contributed by atoms with van der Waals surface area (Å²) in [6, 6.07) is -2.24. The molecule has 0 aromatic heterocycles. The van der Waals surface area contributed by atoms with E-state index in [9.17, 15) is 119 Å². The van der Waals surface area contributed by atoms with E-state index >= 15 is 0 Å². The van der Waals surface area contributed by atoms with Crippen LogP contribution in [0.1, 0.15) is 181 Å². The Kier molecular flexibility index (Phi) is 38.3. The zero-order valence-corrected chi connectivity index (χ0v) is 67.6. The molecule has 2 aliphatic heterocycles. The molecule has 2 aromatic rings. The van der Waals surface area contributed by atoms with Crippen LogP contribution in [-0.4, -0.2) is 227 Å². The average Bonchev–Trinajstić information content (AvgIpc) is 1.59. The summed E-state index contributed by atoms with van der Waals surface area (Å²) in [5.74, 6) is -15.5. The number of benzene rings is 2. The molecule has 0 unspecified atom stereocenters. The van der Waals surface area contributed by atoms with Crippen LogP contribution in [0.25, 0.3) is 0 Å². The average molecular weight is 1650 g/mol. The SMILES string of the molecule is CC\N=C(/C=C/C=C/C=C/C=C1/N(CCCCCC(=O)N[C@H](CCC(=O)O)C(=O)N[C@H](CCC(=O)O)C(=O)N[C@H](CCC(=O)O)C(=O)N[C@H](CCC(=O)O)C(=O)N[C@H](CCC(=O)O)C(=O)NCCOCC(=O)N2CCC[C@H]2C(=O)N[C@@H](CC(C)C)C(C)=O)c2ccc(S(=O)(=O)O)cc2C1(C)C)C(C)(C)c1cc(S(=O)(=O)O)ccc1C. The number of ether oxygens (including phenoxy) is 1. The van der Waals surface area contributed by atoms with E-state index in [4.69, 9.17) is 4.74 Å². The van der Waals surface area contributed by atoms with Gasteiger partial charge in [-0.25, -0.2) is 0 Å². The van der Waals surface area contributed by atoms with Crippen molar-refractivity contribution in [2.24, 2.45) is 10.9 Å². The maximum Gasteiger partial charge on any atom is 0.303 e. The van der Waals surface area contributed by atoms with Gasteiger partial charge >= 0.3 is 29.8 Å². The number of amides is 8. The minimum Gasteiger partial charge on any atom is -0.481 e. The molecule has 38 heteroatoms. The molecule has 14 N–H and O–H groups in total. The lowest BCUT2D eigenvalue weighted by atomic mass is 9.77. The van der Waals surface area contributed by atoms with E-state index in [0.717, 1.165) is 11.3 Å². The first kappa shape index (κ1) is 96.8. The summed E-state index contributed by atoms with van der Waals surface area (Å²) >= 11 is 0. The number of nitrogens with one attached hydrogen (secondary N) is 7. The molecule has 4 rings (SSSR count). The minimum absolute atomic E-state index is 0.0878. The molecule has 0 radical (unpaired) electrons. The van der Waals surface area contributed by atoms with Crippen LogP contribution in [0.2, 0.25) is 0 Å². The van der Waals surface area contributed by atoms with E-state index in [1.807, 2.05) is 66.4 Å². The maximum atomic E-state index is 14.2. The standard InChI is InChI=1S/C77H108N10O26S2/c1-10-78-61(76(6,7)51-43-49(114(107,108)109)25-24-47(51)4)21-15-12-11-13-16-22-62-77(8,9)52-44-50(115(110,111)112)26-32-59(52)86(62)39-18-14-17-23-63(89)80-54(28-34-66(93)94)71(102)82-56(30-36-68(97)98)73(104)84-57(31-37-69(99)100)74(105)83-55(29-35-67(95)96)72(103)81-53(27-33-65(91)92)70(101)79-38-41-113-45-64(90)87-40-19-20-60(87)75(106)85-58(48(5)88)42-46(2)3/h11-13,15-16,21-22,24-26,32,43-44,46,53-58,60H,10,14,17-20,23,27-31,33-42,45H2,1-9H3,(H,79,101)(H,80,89)(H,81,103)(H,82,102)(H,83,105)(H,84,104)(H,85,106)(H,91,92)(H,93,94)(H,95,96)(H,97,98)(H,99,100)(H,107,108,109)(H,110,111,112)/b12-11+,16-13+,21-15+,62-22+,78-61+/t53-,54-,55-,56-,57-,58+,60+/m1/s1. The molecule has 1 saturated heterocycles. The van der Waals surface area contributed by atoms with E-state index in [2.05, 4.69) is 42.2 Å². The molecule has 2 aromatic carbocycles. The van der Waals surface area contributed by atoms with Crippen molar-refractivity contribution in [1.82, 2.24) is 42.1 Å². The predicted octanol–water partition coefficient (Wildman–Crippen LogP) is 4.13. The number of aryl methyl sites for hydroxylation is 1. The maximum absolute atomic E-state index is 14.2. The van der Waals surface area contributed by atoms with Crippen LogP contribution < -0.4 is 42.1 Å². The third kappa shape index (κ3) is 31.6. The highest BCUT2D eigenvalue weighted by atomic mass is 32.2. The molecular formula is C77H108N10O26S2. The lowest BCUT2D eigenvalue weighted by Crippen LogP contribution is -2.59. The van der Waals surface area contributed by atoms with Gasteiger partial charge in [-0.15, -0.1) is 0 Å². The number of allylic oxidation sites excluding steroid dienone is 8. The van der Waals surface area contributed by atoms with Crippen LogP contribution in [0.3, 0.4) is 0 Å². The lowest BCUT2D eigenvalue weighted by Gasteiger charge is -2.28. The summed E-state index contributed by atoms with van der Waals surface area (Å²) in [5, 5.41) is 64.7. The highest BCUT2D eigenvalue weighted by Gasteiger charge is 2.42. The quantitative estimate of drug-likeness (QED) is 0.0192. The first-order chi connectivity index (χ1) is 53.8. The van der Waals surface area contributed by atoms with Crippen molar-refractivity contribution in [1.29, 1.82) is 0 Å². The number of carboxylic acids is 5. The van der Waals surface area contributed by atoms with Crippen LogP contribution in [0.15, 0.2) is 99.4 Å². The van der Waals surface area contributed by atoms with Gasteiger partial charge in [0.15, 0.2) is 5.78 Å². The van der Waals surface area contributed by atoms with Crippen LogP contribution in [0, 0.1) is 12.8 Å². The van der Waals surface area contributed by atoms with Crippen molar-refractivity contribution in [3.63, 3.8) is 0 Å². The van der Waals surface area contributed by atoms with Gasteiger partial charge in [0.1, 0.15) is 42.9 Å². The first-order valence-corrected chi connectivity index (χ1v) is 40.5. The van der Waals surface area contributed by atoms with E-state index in [1.165, 1.54) is 36.1 Å². The summed E-state index contributed by atoms with van der Waals surface area (Å²) < 4.78 is 74.0. The second kappa shape index (κ2) is 45.5. The molecule has 8 amide bonds. The van der Waals surface area contributed by atoms with Crippen molar-refractivity contribution in [2.75, 3.05) is 44.3 Å². The molecule has 2 aliphatic rings. The number of unbranched alkanes of at least 4 members (excludes halogenated alkanes) is 2. The zero-order valence-electron chi connectivity index (χ0n) is 65.9. The van der Waals surface area contributed by atoms with Crippen LogP contribution in [0.4, 0.5) is 5.69 Å². The zero-order chi connectivity index (χ0) is 86.3. The number of carbonyl (C=O) groups is 14. The Morgan fingerprint density at radius 3 is 1.56 bits per heavy atom. The Balaban J connectivity index is 1.47. The number of hydrogen-bond acceptors (Lipinski definition) is 21. The number of Topliss-reactive ketones (excluding diaryl/α,β-unsaturated/α-hetero) is 1. The number of anilines is 1. The second-order valence-corrected chi connectivity index (χ2v) is 32.1. The number of aliphatic carboxylic acids is 5. The Labute approximate surface area is 667 Å². The van der Waals surface area contributed by atoms with Crippen molar-refractivity contribution in [3.8, 4) is 0 Å². The van der Waals surface area contributed by atoms with Crippen LogP contribution >= 0.6 is 0 Å².